The van der Waals surface area contributed by atoms with Crippen molar-refractivity contribution in [2.24, 2.45) is 0 Å². The van der Waals surface area contributed by atoms with E-state index in [1.165, 1.54) is 0 Å². The minimum atomic E-state index is -2.01. The van der Waals surface area contributed by atoms with Gasteiger partial charge in [-0.25, -0.2) is 4.79 Å². The molecule has 2 aliphatic heterocycles. The van der Waals surface area contributed by atoms with Crippen LogP contribution in [0.3, 0.4) is 0 Å². The summed E-state index contributed by atoms with van der Waals surface area (Å²) in [5.74, 6) is -1.73. The van der Waals surface area contributed by atoms with E-state index in [1.54, 1.807) is 18.2 Å². The number of carbonyl (C=O) groups excluding carboxylic acids is 1. The lowest BCUT2D eigenvalue weighted by atomic mass is 9.85. The van der Waals surface area contributed by atoms with Crippen molar-refractivity contribution < 1.29 is 34.3 Å². The molecule has 2 aromatic carbocycles. The molecular formula is C22H23ClO7. The van der Waals surface area contributed by atoms with Crippen LogP contribution in [0.25, 0.3) is 0 Å². The largest absolute Gasteiger partial charge is 0.494 e. The number of carbonyl (C=O) groups is 1. The molecule has 2 heterocycles. The number of aliphatic hydroxyl groups excluding tert-OH is 3. The molecule has 0 radical (unpaired) electrons. The maximum atomic E-state index is 12.5. The summed E-state index contributed by atoms with van der Waals surface area (Å²) in [6.45, 7) is 1.70. The Morgan fingerprint density at radius 1 is 1.20 bits per heavy atom. The third-order valence-electron chi connectivity index (χ3n) is 5.62. The molecule has 4 rings (SSSR count). The maximum Gasteiger partial charge on any atom is 0.346 e. The second-order valence-corrected chi connectivity index (χ2v) is 7.98. The average Bonchev–Trinajstić information content (AvgIpc) is 2.99. The molecule has 2 fully saturated rings. The molecule has 160 valence electrons. The van der Waals surface area contributed by atoms with Gasteiger partial charge >= 0.3 is 5.97 Å². The SMILES string of the molecule is CCOc1ccc(Cc2cc([C@@]34CC(O)[C@H](O)[C@@](CO)(O3)C(=O)O4)ccc2Cl)cc1. The number of halogens is 1. The van der Waals surface area contributed by atoms with Crippen LogP contribution in [0.15, 0.2) is 42.5 Å². The van der Waals surface area contributed by atoms with Crippen molar-refractivity contribution in [3.05, 3.63) is 64.2 Å². The molecule has 0 aliphatic carbocycles. The fourth-order valence-electron chi connectivity index (χ4n) is 4.02. The van der Waals surface area contributed by atoms with Gasteiger partial charge in [0.1, 0.15) is 11.9 Å². The predicted octanol–water partition coefficient (Wildman–Crippen LogP) is 1.91. The van der Waals surface area contributed by atoms with Gasteiger partial charge in [0.2, 0.25) is 11.4 Å². The zero-order chi connectivity index (χ0) is 21.5. The van der Waals surface area contributed by atoms with Crippen molar-refractivity contribution in [2.75, 3.05) is 13.2 Å². The molecule has 4 atom stereocenters. The number of hydrogen-bond donors (Lipinski definition) is 3. The first kappa shape index (κ1) is 21.1. The molecule has 2 saturated heterocycles. The van der Waals surface area contributed by atoms with E-state index in [2.05, 4.69) is 0 Å². The van der Waals surface area contributed by atoms with Crippen LogP contribution in [0.2, 0.25) is 5.02 Å². The average molecular weight is 435 g/mol. The van der Waals surface area contributed by atoms with E-state index < -0.39 is 36.2 Å². The van der Waals surface area contributed by atoms with E-state index in [4.69, 9.17) is 25.8 Å². The molecule has 8 heteroatoms. The summed E-state index contributed by atoms with van der Waals surface area (Å²) in [6.07, 6.45) is -2.53. The Balaban J connectivity index is 1.65. The second kappa shape index (κ2) is 7.83. The van der Waals surface area contributed by atoms with E-state index in [0.717, 1.165) is 16.9 Å². The van der Waals surface area contributed by atoms with Gasteiger partial charge in [-0.1, -0.05) is 29.8 Å². The Morgan fingerprint density at radius 3 is 2.60 bits per heavy atom. The number of benzene rings is 2. The van der Waals surface area contributed by atoms with Crippen LogP contribution in [-0.2, 0) is 26.5 Å². The third-order valence-corrected chi connectivity index (χ3v) is 5.99. The number of esters is 1. The van der Waals surface area contributed by atoms with E-state index in [1.807, 2.05) is 31.2 Å². The zero-order valence-electron chi connectivity index (χ0n) is 16.4. The summed E-state index contributed by atoms with van der Waals surface area (Å²) in [5.41, 5.74) is 0.243. The lowest BCUT2D eigenvalue weighted by molar-refractivity contribution is -0.281. The first-order chi connectivity index (χ1) is 14.3. The number of aliphatic hydroxyl groups is 3. The van der Waals surface area contributed by atoms with Crippen molar-refractivity contribution in [1.82, 2.24) is 0 Å². The lowest BCUT2D eigenvalue weighted by Crippen LogP contribution is -2.60. The molecule has 1 unspecified atom stereocenters. The highest BCUT2D eigenvalue weighted by molar-refractivity contribution is 6.31. The van der Waals surface area contributed by atoms with E-state index in [9.17, 15) is 20.1 Å². The molecule has 2 aromatic rings. The number of hydrogen-bond acceptors (Lipinski definition) is 7. The van der Waals surface area contributed by atoms with Gasteiger partial charge in [0.25, 0.3) is 0 Å². The van der Waals surface area contributed by atoms with Crippen LogP contribution in [0.1, 0.15) is 30.0 Å². The fraction of sp³-hybridized carbons (Fsp3) is 0.409. The van der Waals surface area contributed by atoms with Crippen molar-refractivity contribution in [1.29, 1.82) is 0 Å². The van der Waals surface area contributed by atoms with Crippen LogP contribution in [-0.4, -0.2) is 52.3 Å². The van der Waals surface area contributed by atoms with Gasteiger partial charge < -0.3 is 29.5 Å². The maximum absolute atomic E-state index is 12.5. The Labute approximate surface area is 178 Å². The summed E-state index contributed by atoms with van der Waals surface area (Å²) in [4.78, 5) is 12.5. The number of fused-ring (bicyclic) bond motifs is 2. The lowest BCUT2D eigenvalue weighted by Gasteiger charge is -2.40. The van der Waals surface area contributed by atoms with Crippen molar-refractivity contribution in [2.45, 2.75) is 43.4 Å². The van der Waals surface area contributed by atoms with Crippen LogP contribution in [0.4, 0.5) is 0 Å². The first-order valence-electron chi connectivity index (χ1n) is 9.75. The number of rotatable bonds is 6. The standard InChI is InChI=1S/C22H23ClO7/c1-2-28-16-6-3-13(4-7-16)9-14-10-15(5-8-17(14)23)22-11-18(25)19(26)21(12-24,30-22)20(27)29-22/h3-8,10,18-19,24-26H,2,9,11-12H2,1H3/t18?,19-,21+,22+/m0/s1. The Morgan fingerprint density at radius 2 is 1.93 bits per heavy atom. The highest BCUT2D eigenvalue weighted by Gasteiger charge is 2.68. The van der Waals surface area contributed by atoms with E-state index in [0.29, 0.717) is 23.6 Å². The molecule has 2 aliphatic rings. The van der Waals surface area contributed by atoms with Gasteiger partial charge in [0.15, 0.2) is 0 Å². The summed E-state index contributed by atoms with van der Waals surface area (Å²) in [7, 11) is 0. The van der Waals surface area contributed by atoms with Gasteiger partial charge in [0, 0.05) is 17.0 Å². The molecule has 30 heavy (non-hydrogen) atoms. The minimum absolute atomic E-state index is 0.161. The highest BCUT2D eigenvalue weighted by Crippen LogP contribution is 2.50. The Bertz CT molecular complexity index is 947. The quantitative estimate of drug-likeness (QED) is 0.596. The first-order valence-corrected chi connectivity index (χ1v) is 10.1. The van der Waals surface area contributed by atoms with Gasteiger partial charge in [-0.15, -0.1) is 0 Å². The predicted molar refractivity (Wildman–Crippen MR) is 107 cm³/mol. The molecule has 0 amide bonds. The second-order valence-electron chi connectivity index (χ2n) is 7.57. The highest BCUT2D eigenvalue weighted by atomic mass is 35.5. The van der Waals surface area contributed by atoms with Crippen LogP contribution >= 0.6 is 11.6 Å². The van der Waals surface area contributed by atoms with Gasteiger partial charge in [-0.3, -0.25) is 0 Å². The fourth-order valence-corrected chi connectivity index (χ4v) is 4.20. The normalized spacial score (nSPS) is 30.2. The molecule has 3 N–H and O–H groups in total. The van der Waals surface area contributed by atoms with Crippen LogP contribution in [0.5, 0.6) is 5.75 Å². The van der Waals surface area contributed by atoms with E-state index >= 15 is 0 Å². The van der Waals surface area contributed by atoms with Crippen LogP contribution in [0, 0.1) is 0 Å². The molecule has 2 bridgehead atoms. The Hall–Kier alpha value is -2.16. The topological polar surface area (TPSA) is 105 Å². The summed E-state index contributed by atoms with van der Waals surface area (Å²) in [5, 5.41) is 30.8. The summed E-state index contributed by atoms with van der Waals surface area (Å²) in [6, 6.07) is 12.7. The van der Waals surface area contributed by atoms with Gasteiger partial charge in [-0.2, -0.15) is 0 Å². The summed E-state index contributed by atoms with van der Waals surface area (Å²) >= 11 is 6.40. The van der Waals surface area contributed by atoms with Crippen molar-refractivity contribution >= 4 is 17.6 Å². The summed E-state index contributed by atoms with van der Waals surface area (Å²) < 4.78 is 16.7. The minimum Gasteiger partial charge on any atom is -0.494 e. The monoisotopic (exact) mass is 434 g/mol. The number of ether oxygens (including phenoxy) is 3. The van der Waals surface area contributed by atoms with Gasteiger partial charge in [-0.05, 0) is 48.7 Å². The smallest absolute Gasteiger partial charge is 0.346 e. The zero-order valence-corrected chi connectivity index (χ0v) is 17.1. The molecule has 0 spiro atoms. The van der Waals surface area contributed by atoms with Crippen LogP contribution < -0.4 is 4.74 Å². The third kappa shape index (κ3) is 3.36. The Kier molecular flexibility index (Phi) is 5.50. The molecular weight excluding hydrogens is 412 g/mol. The molecule has 0 aromatic heterocycles. The molecule has 0 saturated carbocycles. The van der Waals surface area contributed by atoms with Crippen molar-refractivity contribution in [3.8, 4) is 5.75 Å². The van der Waals surface area contributed by atoms with Crippen molar-refractivity contribution in [3.63, 3.8) is 0 Å². The molecule has 7 nitrogen and oxygen atoms in total. The van der Waals surface area contributed by atoms with E-state index in [-0.39, 0.29) is 6.42 Å². The van der Waals surface area contributed by atoms with Gasteiger partial charge in [0.05, 0.1) is 19.3 Å².